The molecule has 1 saturated carbocycles. The average Bonchev–Trinajstić information content (AvgIpc) is 3.24. The van der Waals surface area contributed by atoms with Crippen molar-refractivity contribution >= 4 is 29.0 Å². The van der Waals surface area contributed by atoms with Gasteiger partial charge in [0.1, 0.15) is 0 Å². The van der Waals surface area contributed by atoms with Crippen molar-refractivity contribution in [2.75, 3.05) is 12.3 Å². The van der Waals surface area contributed by atoms with Crippen LogP contribution in [-0.4, -0.2) is 33.0 Å². The summed E-state index contributed by atoms with van der Waals surface area (Å²) in [5, 5.41) is 14.7. The molecule has 1 aromatic carbocycles. The van der Waals surface area contributed by atoms with Gasteiger partial charge in [0.15, 0.2) is 11.0 Å². The second-order valence-electron chi connectivity index (χ2n) is 7.67. The number of rotatable bonds is 9. The van der Waals surface area contributed by atoms with Crippen LogP contribution >= 0.6 is 23.1 Å². The average molecular weight is 427 g/mol. The van der Waals surface area contributed by atoms with Crippen LogP contribution in [-0.2, 0) is 11.2 Å². The standard InChI is InChI=1S/C22H26N4OS2/c1-15(2)17-7-5-16(6-8-17)11-12-23-20(27)14-29-22-25-24-21(19-4-3-13-28-19)26(22)18-9-10-18/h3-8,13,15,18H,9-12,14H2,1-2H3,(H,23,27). The SMILES string of the molecule is CC(C)c1ccc(CCNC(=O)CSc2nnc(-c3cccs3)n2C2CC2)cc1. The second kappa shape index (κ2) is 9.13. The number of aromatic nitrogens is 3. The molecule has 1 aliphatic rings. The predicted molar refractivity (Wildman–Crippen MR) is 120 cm³/mol. The highest BCUT2D eigenvalue weighted by Gasteiger charge is 2.30. The minimum Gasteiger partial charge on any atom is -0.355 e. The van der Waals surface area contributed by atoms with E-state index in [1.165, 1.54) is 22.9 Å². The molecule has 7 heteroatoms. The molecule has 3 aromatic rings. The number of thiophene rings is 1. The van der Waals surface area contributed by atoms with Gasteiger partial charge in [-0.05, 0) is 47.8 Å². The smallest absolute Gasteiger partial charge is 0.230 e. The van der Waals surface area contributed by atoms with Crippen LogP contribution in [0.1, 0.15) is 49.8 Å². The third-order valence-electron chi connectivity index (χ3n) is 5.03. The Morgan fingerprint density at radius 3 is 2.69 bits per heavy atom. The van der Waals surface area contributed by atoms with E-state index in [9.17, 15) is 4.79 Å². The van der Waals surface area contributed by atoms with Gasteiger partial charge in [-0.1, -0.05) is 55.9 Å². The molecular weight excluding hydrogens is 400 g/mol. The third kappa shape index (κ3) is 5.08. The molecule has 4 rings (SSSR count). The Morgan fingerprint density at radius 2 is 2.03 bits per heavy atom. The lowest BCUT2D eigenvalue weighted by Crippen LogP contribution is -2.27. The van der Waals surface area contributed by atoms with Gasteiger partial charge in [-0.2, -0.15) is 0 Å². The van der Waals surface area contributed by atoms with Crippen LogP contribution < -0.4 is 5.32 Å². The van der Waals surface area contributed by atoms with Crippen LogP contribution in [0.15, 0.2) is 46.9 Å². The molecule has 0 bridgehead atoms. The maximum Gasteiger partial charge on any atom is 0.230 e. The Labute approximate surface area is 179 Å². The summed E-state index contributed by atoms with van der Waals surface area (Å²) in [5.41, 5.74) is 2.59. The van der Waals surface area contributed by atoms with E-state index in [1.807, 2.05) is 6.07 Å². The van der Waals surface area contributed by atoms with E-state index >= 15 is 0 Å². The first kappa shape index (κ1) is 20.2. The van der Waals surface area contributed by atoms with Gasteiger partial charge < -0.3 is 5.32 Å². The molecule has 0 radical (unpaired) electrons. The first-order chi connectivity index (χ1) is 14.1. The highest BCUT2D eigenvalue weighted by Crippen LogP contribution is 2.41. The first-order valence-electron chi connectivity index (χ1n) is 10.1. The third-order valence-corrected chi connectivity index (χ3v) is 6.84. The van der Waals surface area contributed by atoms with Crippen molar-refractivity contribution in [3.63, 3.8) is 0 Å². The Kier molecular flexibility index (Phi) is 6.35. The highest BCUT2D eigenvalue weighted by atomic mass is 32.2. The van der Waals surface area contributed by atoms with Gasteiger partial charge in [-0.25, -0.2) is 0 Å². The molecule has 2 heterocycles. The van der Waals surface area contributed by atoms with E-state index in [-0.39, 0.29) is 5.91 Å². The van der Waals surface area contributed by atoms with Gasteiger partial charge in [0.2, 0.25) is 5.91 Å². The summed E-state index contributed by atoms with van der Waals surface area (Å²) in [6.07, 6.45) is 3.16. The number of amides is 1. The van der Waals surface area contributed by atoms with Crippen molar-refractivity contribution in [2.24, 2.45) is 0 Å². The van der Waals surface area contributed by atoms with Gasteiger partial charge in [0, 0.05) is 12.6 Å². The molecular formula is C22H26N4OS2. The zero-order valence-corrected chi connectivity index (χ0v) is 18.4. The Morgan fingerprint density at radius 1 is 1.24 bits per heavy atom. The fourth-order valence-corrected chi connectivity index (χ4v) is 4.75. The van der Waals surface area contributed by atoms with Crippen LogP contribution in [0.25, 0.3) is 10.7 Å². The molecule has 0 atom stereocenters. The van der Waals surface area contributed by atoms with Crippen LogP contribution in [0.5, 0.6) is 0 Å². The van der Waals surface area contributed by atoms with E-state index < -0.39 is 0 Å². The molecule has 152 valence electrons. The van der Waals surface area contributed by atoms with E-state index in [1.54, 1.807) is 11.3 Å². The fourth-order valence-electron chi connectivity index (χ4n) is 3.21. The summed E-state index contributed by atoms with van der Waals surface area (Å²) in [7, 11) is 0. The number of carbonyl (C=O) groups is 1. The van der Waals surface area contributed by atoms with Crippen molar-refractivity contribution in [1.29, 1.82) is 0 Å². The van der Waals surface area contributed by atoms with Crippen LogP contribution in [0.3, 0.4) is 0 Å². The summed E-state index contributed by atoms with van der Waals surface area (Å²) in [5.74, 6) is 1.87. The van der Waals surface area contributed by atoms with Crippen molar-refractivity contribution in [3.05, 3.63) is 52.9 Å². The van der Waals surface area contributed by atoms with Gasteiger partial charge >= 0.3 is 0 Å². The summed E-state index contributed by atoms with van der Waals surface area (Å²) >= 11 is 3.15. The fraction of sp³-hybridized carbons (Fsp3) is 0.409. The number of hydrogen-bond acceptors (Lipinski definition) is 5. The van der Waals surface area contributed by atoms with Crippen molar-refractivity contribution < 1.29 is 4.79 Å². The van der Waals surface area contributed by atoms with Crippen molar-refractivity contribution in [1.82, 2.24) is 20.1 Å². The molecule has 1 N–H and O–H groups in total. The first-order valence-corrected chi connectivity index (χ1v) is 12.0. The molecule has 2 aromatic heterocycles. The molecule has 1 fully saturated rings. The lowest BCUT2D eigenvalue weighted by atomic mass is 10.0. The lowest BCUT2D eigenvalue weighted by molar-refractivity contribution is -0.118. The summed E-state index contributed by atoms with van der Waals surface area (Å²) in [6, 6.07) is 13.2. The maximum absolute atomic E-state index is 12.3. The zero-order chi connectivity index (χ0) is 20.2. The van der Waals surface area contributed by atoms with E-state index in [0.717, 1.165) is 35.1 Å². The van der Waals surface area contributed by atoms with Gasteiger partial charge in [-0.3, -0.25) is 9.36 Å². The molecule has 0 spiro atoms. The molecule has 0 aliphatic heterocycles. The minimum atomic E-state index is 0.0387. The number of thioether (sulfide) groups is 1. The topological polar surface area (TPSA) is 59.8 Å². The molecule has 0 unspecified atom stereocenters. The highest BCUT2D eigenvalue weighted by molar-refractivity contribution is 7.99. The molecule has 0 saturated heterocycles. The number of nitrogens with one attached hydrogen (secondary N) is 1. The Bertz CT molecular complexity index is 944. The van der Waals surface area contributed by atoms with Crippen LogP contribution in [0, 0.1) is 0 Å². The maximum atomic E-state index is 12.3. The monoisotopic (exact) mass is 426 g/mol. The number of nitrogens with zero attached hydrogens (tertiary/aromatic N) is 3. The molecule has 29 heavy (non-hydrogen) atoms. The van der Waals surface area contributed by atoms with Crippen LogP contribution in [0.2, 0.25) is 0 Å². The summed E-state index contributed by atoms with van der Waals surface area (Å²) < 4.78 is 2.21. The predicted octanol–water partition coefficient (Wildman–Crippen LogP) is 4.92. The van der Waals surface area contributed by atoms with Crippen molar-refractivity contribution in [3.8, 4) is 10.7 Å². The minimum absolute atomic E-state index is 0.0387. The number of carbonyl (C=O) groups excluding carboxylic acids is 1. The van der Waals surface area contributed by atoms with E-state index in [2.05, 4.69) is 69.6 Å². The van der Waals surface area contributed by atoms with E-state index in [0.29, 0.717) is 24.3 Å². The lowest BCUT2D eigenvalue weighted by Gasteiger charge is -2.09. The van der Waals surface area contributed by atoms with Gasteiger partial charge in [-0.15, -0.1) is 21.5 Å². The molecule has 1 aliphatic carbocycles. The number of hydrogen-bond donors (Lipinski definition) is 1. The Balaban J connectivity index is 1.28. The molecule has 1 amide bonds. The van der Waals surface area contributed by atoms with Crippen molar-refractivity contribution in [2.45, 2.75) is 50.2 Å². The summed E-state index contributed by atoms with van der Waals surface area (Å²) in [6.45, 7) is 5.04. The van der Waals surface area contributed by atoms with E-state index in [4.69, 9.17) is 0 Å². The zero-order valence-electron chi connectivity index (χ0n) is 16.8. The van der Waals surface area contributed by atoms with Gasteiger partial charge in [0.25, 0.3) is 0 Å². The van der Waals surface area contributed by atoms with Gasteiger partial charge in [0.05, 0.1) is 10.6 Å². The molecule has 5 nitrogen and oxygen atoms in total. The second-order valence-corrected chi connectivity index (χ2v) is 9.56. The Hall–Kier alpha value is -2.12. The quantitative estimate of drug-likeness (QED) is 0.494. The van der Waals surface area contributed by atoms with Crippen LogP contribution in [0.4, 0.5) is 0 Å². The summed E-state index contributed by atoms with van der Waals surface area (Å²) in [4.78, 5) is 13.4. The normalized spacial score (nSPS) is 13.8. The largest absolute Gasteiger partial charge is 0.355 e. The number of benzene rings is 1.